The van der Waals surface area contributed by atoms with E-state index in [1.807, 2.05) is 19.1 Å². The summed E-state index contributed by atoms with van der Waals surface area (Å²) in [5.74, 6) is 1.08. The van der Waals surface area contributed by atoms with Gasteiger partial charge in [0.25, 0.3) is 0 Å². The summed E-state index contributed by atoms with van der Waals surface area (Å²) in [5.41, 5.74) is 1.65. The Bertz CT molecular complexity index is 499. The van der Waals surface area contributed by atoms with E-state index in [0.29, 0.717) is 22.3 Å². The molecule has 2 aromatic rings. The summed E-state index contributed by atoms with van der Waals surface area (Å²) >= 11 is 5.86. The van der Waals surface area contributed by atoms with Crippen molar-refractivity contribution >= 4 is 11.6 Å². The van der Waals surface area contributed by atoms with Crippen molar-refractivity contribution in [1.82, 2.24) is 15.0 Å². The standard InChI is InChI=1S/C11H10ClN3O/c1-7-3-4-9(5-13-7)16-11-8(2)10(12)14-6-15-11/h3-6H,1-2H3. The zero-order valence-electron chi connectivity index (χ0n) is 8.94. The molecule has 2 heterocycles. The Morgan fingerprint density at radius 1 is 1.12 bits per heavy atom. The van der Waals surface area contributed by atoms with Crippen LogP contribution in [0.4, 0.5) is 0 Å². The van der Waals surface area contributed by atoms with Gasteiger partial charge in [-0.15, -0.1) is 0 Å². The average molecular weight is 236 g/mol. The molecule has 4 nitrogen and oxygen atoms in total. The Morgan fingerprint density at radius 3 is 2.62 bits per heavy atom. The molecular weight excluding hydrogens is 226 g/mol. The van der Waals surface area contributed by atoms with E-state index in [9.17, 15) is 0 Å². The summed E-state index contributed by atoms with van der Waals surface area (Å²) in [4.78, 5) is 12.0. The molecule has 82 valence electrons. The molecule has 0 saturated carbocycles. The molecule has 0 unspecified atom stereocenters. The second-order valence-corrected chi connectivity index (χ2v) is 3.69. The molecule has 0 aliphatic rings. The lowest BCUT2D eigenvalue weighted by molar-refractivity contribution is 0.455. The summed E-state index contributed by atoms with van der Waals surface area (Å²) in [6, 6.07) is 3.70. The van der Waals surface area contributed by atoms with Gasteiger partial charge < -0.3 is 4.74 Å². The summed E-state index contributed by atoms with van der Waals surface area (Å²) < 4.78 is 5.55. The molecule has 0 spiro atoms. The Kier molecular flexibility index (Phi) is 3.01. The molecule has 16 heavy (non-hydrogen) atoms. The van der Waals surface area contributed by atoms with Crippen molar-refractivity contribution in [2.24, 2.45) is 0 Å². The molecule has 2 aromatic heterocycles. The van der Waals surface area contributed by atoms with Gasteiger partial charge in [-0.05, 0) is 26.0 Å². The number of hydrogen-bond acceptors (Lipinski definition) is 4. The first kappa shape index (κ1) is 10.8. The lowest BCUT2D eigenvalue weighted by Crippen LogP contribution is -1.94. The fourth-order valence-electron chi connectivity index (χ4n) is 1.14. The number of aromatic nitrogens is 3. The van der Waals surface area contributed by atoms with Crippen LogP contribution in [0.15, 0.2) is 24.7 Å². The Morgan fingerprint density at radius 2 is 1.94 bits per heavy atom. The first-order valence-corrected chi connectivity index (χ1v) is 5.12. The van der Waals surface area contributed by atoms with Crippen LogP contribution < -0.4 is 4.74 Å². The van der Waals surface area contributed by atoms with Gasteiger partial charge in [0.15, 0.2) is 0 Å². The highest BCUT2D eigenvalue weighted by molar-refractivity contribution is 6.30. The van der Waals surface area contributed by atoms with Gasteiger partial charge in [-0.2, -0.15) is 0 Å². The smallest absolute Gasteiger partial charge is 0.226 e. The number of hydrogen-bond donors (Lipinski definition) is 0. The molecule has 5 heteroatoms. The fraction of sp³-hybridized carbons (Fsp3) is 0.182. The van der Waals surface area contributed by atoms with Gasteiger partial charge >= 0.3 is 0 Å². The predicted octanol–water partition coefficient (Wildman–Crippen LogP) is 2.93. The van der Waals surface area contributed by atoms with Crippen LogP contribution in [-0.2, 0) is 0 Å². The molecule has 0 N–H and O–H groups in total. The highest BCUT2D eigenvalue weighted by Gasteiger charge is 2.07. The van der Waals surface area contributed by atoms with Crippen molar-refractivity contribution in [3.8, 4) is 11.6 Å². The summed E-state index contributed by atoms with van der Waals surface area (Å²) in [7, 11) is 0. The second-order valence-electron chi connectivity index (χ2n) is 3.33. The number of nitrogens with zero attached hydrogens (tertiary/aromatic N) is 3. The molecule has 0 saturated heterocycles. The van der Waals surface area contributed by atoms with Crippen LogP contribution in [0.5, 0.6) is 11.6 Å². The molecule has 0 aromatic carbocycles. The Hall–Kier alpha value is -1.68. The molecule has 0 amide bonds. The fourth-order valence-corrected chi connectivity index (χ4v) is 1.27. The van der Waals surface area contributed by atoms with Crippen LogP contribution in [-0.4, -0.2) is 15.0 Å². The summed E-state index contributed by atoms with van der Waals surface area (Å²) in [6.07, 6.45) is 3.01. The second kappa shape index (κ2) is 4.45. The van der Waals surface area contributed by atoms with Crippen LogP contribution >= 0.6 is 11.6 Å². The minimum absolute atomic E-state index is 0.394. The van der Waals surface area contributed by atoms with Gasteiger partial charge in [0.1, 0.15) is 17.2 Å². The van der Waals surface area contributed by atoms with E-state index < -0.39 is 0 Å². The topological polar surface area (TPSA) is 47.9 Å². The quantitative estimate of drug-likeness (QED) is 0.751. The number of pyridine rings is 1. The average Bonchev–Trinajstić information content (AvgIpc) is 2.28. The first-order chi connectivity index (χ1) is 7.66. The molecular formula is C11H10ClN3O. The Balaban J connectivity index is 2.27. The largest absolute Gasteiger partial charge is 0.437 e. The van der Waals surface area contributed by atoms with E-state index >= 15 is 0 Å². The minimum atomic E-state index is 0.394. The maximum atomic E-state index is 5.86. The monoisotopic (exact) mass is 235 g/mol. The molecule has 0 aliphatic carbocycles. The van der Waals surface area contributed by atoms with E-state index in [0.717, 1.165) is 5.69 Å². The zero-order valence-corrected chi connectivity index (χ0v) is 9.69. The predicted molar refractivity (Wildman–Crippen MR) is 60.8 cm³/mol. The van der Waals surface area contributed by atoms with Gasteiger partial charge in [-0.3, -0.25) is 4.98 Å². The van der Waals surface area contributed by atoms with E-state index in [-0.39, 0.29) is 0 Å². The van der Waals surface area contributed by atoms with Crippen LogP contribution in [0, 0.1) is 13.8 Å². The van der Waals surface area contributed by atoms with Gasteiger partial charge in [-0.25, -0.2) is 9.97 Å². The number of aryl methyl sites for hydroxylation is 1. The SMILES string of the molecule is Cc1ccc(Oc2ncnc(Cl)c2C)cn1. The number of rotatable bonds is 2. The number of halogens is 1. The van der Waals surface area contributed by atoms with Crippen molar-refractivity contribution in [1.29, 1.82) is 0 Å². The maximum Gasteiger partial charge on any atom is 0.226 e. The first-order valence-electron chi connectivity index (χ1n) is 4.74. The highest BCUT2D eigenvalue weighted by atomic mass is 35.5. The van der Waals surface area contributed by atoms with Crippen molar-refractivity contribution in [2.45, 2.75) is 13.8 Å². The normalized spacial score (nSPS) is 10.2. The lowest BCUT2D eigenvalue weighted by Gasteiger charge is -2.07. The van der Waals surface area contributed by atoms with Gasteiger partial charge in [-0.1, -0.05) is 11.6 Å². The molecule has 0 aliphatic heterocycles. The van der Waals surface area contributed by atoms with Crippen LogP contribution in [0.2, 0.25) is 5.15 Å². The molecule has 2 rings (SSSR count). The van der Waals surface area contributed by atoms with E-state index in [1.165, 1.54) is 6.33 Å². The third kappa shape index (κ3) is 2.28. The maximum absolute atomic E-state index is 5.86. The van der Waals surface area contributed by atoms with Gasteiger partial charge in [0, 0.05) is 11.3 Å². The molecule has 0 radical (unpaired) electrons. The van der Waals surface area contributed by atoms with Crippen LogP contribution in [0.25, 0.3) is 0 Å². The molecule has 0 atom stereocenters. The van der Waals surface area contributed by atoms with Crippen molar-refractivity contribution in [3.05, 3.63) is 41.1 Å². The van der Waals surface area contributed by atoms with Crippen LogP contribution in [0.1, 0.15) is 11.3 Å². The van der Waals surface area contributed by atoms with Crippen LogP contribution in [0.3, 0.4) is 0 Å². The van der Waals surface area contributed by atoms with Crippen molar-refractivity contribution in [3.63, 3.8) is 0 Å². The lowest BCUT2D eigenvalue weighted by atomic mass is 10.3. The third-order valence-corrected chi connectivity index (χ3v) is 2.46. The van der Waals surface area contributed by atoms with Gasteiger partial charge in [0.05, 0.1) is 6.20 Å². The summed E-state index contributed by atoms with van der Waals surface area (Å²) in [6.45, 7) is 3.72. The summed E-state index contributed by atoms with van der Waals surface area (Å²) in [5, 5.41) is 0.394. The van der Waals surface area contributed by atoms with Crippen molar-refractivity contribution in [2.75, 3.05) is 0 Å². The minimum Gasteiger partial charge on any atom is -0.437 e. The molecule has 0 fully saturated rings. The van der Waals surface area contributed by atoms with E-state index in [4.69, 9.17) is 16.3 Å². The van der Waals surface area contributed by atoms with Gasteiger partial charge in [0.2, 0.25) is 5.88 Å². The van der Waals surface area contributed by atoms with Crippen molar-refractivity contribution < 1.29 is 4.74 Å². The number of ether oxygens (including phenoxy) is 1. The Labute approximate surface area is 98.3 Å². The van der Waals surface area contributed by atoms with E-state index in [2.05, 4.69) is 15.0 Å². The van der Waals surface area contributed by atoms with E-state index in [1.54, 1.807) is 13.1 Å². The zero-order chi connectivity index (χ0) is 11.5. The molecule has 0 bridgehead atoms. The highest BCUT2D eigenvalue weighted by Crippen LogP contribution is 2.25. The third-order valence-electron chi connectivity index (χ3n) is 2.08.